The molecule has 0 aliphatic rings. The Kier molecular flexibility index (Phi) is 5.32. The minimum absolute atomic E-state index is 0.0990. The Morgan fingerprint density at radius 3 is 2.57 bits per heavy atom. The fourth-order valence-corrected chi connectivity index (χ4v) is 3.19. The van der Waals surface area contributed by atoms with E-state index in [0.717, 1.165) is 23.5 Å². The first-order valence-electron chi connectivity index (χ1n) is 7.94. The number of rotatable bonds is 5. The van der Waals surface area contributed by atoms with Gasteiger partial charge in [-0.15, -0.1) is 11.3 Å². The number of carbonyl (C=O) groups is 1. The van der Waals surface area contributed by atoms with Crippen LogP contribution in [-0.2, 0) is 0 Å². The lowest BCUT2D eigenvalue weighted by Crippen LogP contribution is -2.14. The molecule has 0 unspecified atom stereocenters. The molecule has 1 N–H and O–H groups in total. The Labute approximate surface area is 162 Å². The third kappa shape index (κ3) is 3.96. The minimum Gasteiger partial charge on any atom is -0.372 e. The molecule has 0 spiro atoms. The first kappa shape index (κ1) is 19.4. The highest BCUT2D eigenvalue weighted by Crippen LogP contribution is 2.29. The van der Waals surface area contributed by atoms with E-state index in [1.54, 1.807) is 24.4 Å². The van der Waals surface area contributed by atoms with Crippen molar-refractivity contribution in [2.24, 2.45) is 0 Å². The zero-order valence-electron chi connectivity index (χ0n) is 14.8. The molecule has 0 radical (unpaired) electrons. The maximum Gasteiger partial charge on any atom is 0.293 e. The molecular weight excluding hydrogens is 390 g/mol. The summed E-state index contributed by atoms with van der Waals surface area (Å²) in [7, 11) is 3.33. The highest BCUT2D eigenvalue weighted by molar-refractivity contribution is 7.14. The number of hydrogen-bond acceptors (Lipinski definition) is 6. The molecule has 0 aliphatic carbocycles. The SMILES string of the molecule is CN(C)c1ccc(C(=O)Nc2nc(-c3ccc(F)c(F)c3)cs2)cc1[N+](=O)[O-]. The number of halogens is 2. The van der Waals surface area contributed by atoms with E-state index in [0.29, 0.717) is 16.9 Å². The second-order valence-corrected chi connectivity index (χ2v) is 6.83. The standard InChI is InChI=1S/C18H14F2N4O3S/c1-23(2)15-6-4-11(8-16(15)24(26)27)17(25)22-18-21-14(9-28-18)10-3-5-12(19)13(20)7-10/h3-9H,1-2H3,(H,21,22,25). The van der Waals surface area contributed by atoms with E-state index in [4.69, 9.17) is 0 Å². The van der Waals surface area contributed by atoms with Crippen LogP contribution in [0.5, 0.6) is 0 Å². The van der Waals surface area contributed by atoms with Crippen LogP contribution in [0.25, 0.3) is 11.3 Å². The molecule has 2 aromatic carbocycles. The van der Waals surface area contributed by atoms with Gasteiger partial charge in [-0.3, -0.25) is 20.2 Å². The molecule has 0 atom stereocenters. The Hall–Kier alpha value is -3.40. The van der Waals surface area contributed by atoms with Crippen molar-refractivity contribution < 1.29 is 18.5 Å². The van der Waals surface area contributed by atoms with E-state index in [1.807, 2.05) is 0 Å². The first-order valence-corrected chi connectivity index (χ1v) is 8.82. The second kappa shape index (κ2) is 7.69. The quantitative estimate of drug-likeness (QED) is 0.506. The average molecular weight is 404 g/mol. The summed E-state index contributed by atoms with van der Waals surface area (Å²) in [5, 5.41) is 15.6. The summed E-state index contributed by atoms with van der Waals surface area (Å²) in [5.74, 6) is -2.53. The van der Waals surface area contributed by atoms with E-state index in [2.05, 4.69) is 10.3 Å². The summed E-state index contributed by atoms with van der Waals surface area (Å²) in [6.45, 7) is 0. The van der Waals surface area contributed by atoms with Crippen molar-refractivity contribution >= 4 is 33.8 Å². The summed E-state index contributed by atoms with van der Waals surface area (Å²) >= 11 is 1.09. The Bertz CT molecular complexity index is 1070. The Balaban J connectivity index is 1.82. The number of aromatic nitrogens is 1. The van der Waals surface area contributed by atoms with Gasteiger partial charge in [0.25, 0.3) is 11.6 Å². The van der Waals surface area contributed by atoms with Crippen LogP contribution >= 0.6 is 11.3 Å². The number of anilines is 2. The van der Waals surface area contributed by atoms with Crippen LogP contribution in [0.15, 0.2) is 41.8 Å². The zero-order valence-corrected chi connectivity index (χ0v) is 15.6. The van der Waals surface area contributed by atoms with Crippen molar-refractivity contribution in [3.63, 3.8) is 0 Å². The summed E-state index contributed by atoms with van der Waals surface area (Å²) in [5.41, 5.74) is 1.01. The molecular formula is C18H14F2N4O3S. The highest BCUT2D eigenvalue weighted by Gasteiger charge is 2.19. The van der Waals surface area contributed by atoms with E-state index >= 15 is 0 Å². The minimum atomic E-state index is -0.996. The number of nitro groups is 1. The van der Waals surface area contributed by atoms with Crippen LogP contribution in [0.2, 0.25) is 0 Å². The number of nitro benzene ring substituents is 1. The van der Waals surface area contributed by atoms with Crippen molar-refractivity contribution in [3.05, 3.63) is 69.1 Å². The van der Waals surface area contributed by atoms with Crippen LogP contribution in [0.1, 0.15) is 10.4 Å². The normalized spacial score (nSPS) is 10.6. The molecule has 3 aromatic rings. The molecule has 0 aliphatic heterocycles. The van der Waals surface area contributed by atoms with Gasteiger partial charge >= 0.3 is 0 Å². The van der Waals surface area contributed by atoms with Crippen molar-refractivity contribution in [3.8, 4) is 11.3 Å². The summed E-state index contributed by atoms with van der Waals surface area (Å²) in [4.78, 5) is 28.9. The lowest BCUT2D eigenvalue weighted by Gasteiger charge is -2.13. The topological polar surface area (TPSA) is 88.4 Å². The van der Waals surface area contributed by atoms with Gasteiger partial charge in [-0.05, 0) is 30.3 Å². The predicted octanol–water partition coefficient (Wildman–Crippen LogP) is 4.31. The Morgan fingerprint density at radius 2 is 1.93 bits per heavy atom. The maximum absolute atomic E-state index is 13.4. The third-order valence-electron chi connectivity index (χ3n) is 3.86. The van der Waals surface area contributed by atoms with E-state index in [-0.39, 0.29) is 16.4 Å². The average Bonchev–Trinajstić information content (AvgIpc) is 3.11. The van der Waals surface area contributed by atoms with Gasteiger partial charge in [0.15, 0.2) is 16.8 Å². The first-order chi connectivity index (χ1) is 13.3. The summed E-state index contributed by atoms with van der Waals surface area (Å²) in [6, 6.07) is 7.53. The summed E-state index contributed by atoms with van der Waals surface area (Å²) in [6.07, 6.45) is 0. The number of carbonyl (C=O) groups excluding carboxylic acids is 1. The maximum atomic E-state index is 13.4. The second-order valence-electron chi connectivity index (χ2n) is 5.98. The van der Waals surface area contributed by atoms with Gasteiger partial charge in [0.1, 0.15) is 5.69 Å². The highest BCUT2D eigenvalue weighted by atomic mass is 32.1. The molecule has 0 bridgehead atoms. The molecule has 10 heteroatoms. The van der Waals surface area contributed by atoms with Gasteiger partial charge in [0, 0.05) is 36.7 Å². The van der Waals surface area contributed by atoms with Gasteiger partial charge in [-0.2, -0.15) is 0 Å². The number of benzene rings is 2. The molecule has 3 rings (SSSR count). The van der Waals surface area contributed by atoms with Gasteiger partial charge in [-0.1, -0.05) is 0 Å². The van der Waals surface area contributed by atoms with Crippen molar-refractivity contribution in [1.29, 1.82) is 0 Å². The molecule has 144 valence electrons. The van der Waals surface area contributed by atoms with Gasteiger partial charge in [0.2, 0.25) is 0 Å². The number of nitrogens with one attached hydrogen (secondary N) is 1. The fraction of sp³-hybridized carbons (Fsp3) is 0.111. The number of amides is 1. The number of nitrogens with zero attached hydrogens (tertiary/aromatic N) is 3. The van der Waals surface area contributed by atoms with E-state index in [9.17, 15) is 23.7 Å². The van der Waals surface area contributed by atoms with Crippen molar-refractivity contribution in [2.75, 3.05) is 24.3 Å². The Morgan fingerprint density at radius 1 is 1.18 bits per heavy atom. The summed E-state index contributed by atoms with van der Waals surface area (Å²) < 4.78 is 26.4. The lowest BCUT2D eigenvalue weighted by molar-refractivity contribution is -0.384. The van der Waals surface area contributed by atoms with Gasteiger partial charge in [-0.25, -0.2) is 13.8 Å². The molecule has 0 fully saturated rings. The van der Waals surface area contributed by atoms with Crippen LogP contribution in [-0.4, -0.2) is 29.9 Å². The molecule has 1 aromatic heterocycles. The zero-order chi connectivity index (χ0) is 20.4. The van der Waals surface area contributed by atoms with Crippen molar-refractivity contribution in [1.82, 2.24) is 4.98 Å². The van der Waals surface area contributed by atoms with Gasteiger partial charge in [0.05, 0.1) is 10.6 Å². The van der Waals surface area contributed by atoms with Crippen molar-refractivity contribution in [2.45, 2.75) is 0 Å². The van der Waals surface area contributed by atoms with Gasteiger partial charge < -0.3 is 4.90 Å². The molecule has 1 amide bonds. The van der Waals surface area contributed by atoms with Crippen LogP contribution in [0, 0.1) is 21.7 Å². The molecule has 0 saturated carbocycles. The molecule has 1 heterocycles. The third-order valence-corrected chi connectivity index (χ3v) is 4.61. The molecule has 7 nitrogen and oxygen atoms in total. The van der Waals surface area contributed by atoms with Crippen LogP contribution < -0.4 is 10.2 Å². The van der Waals surface area contributed by atoms with Crippen LogP contribution in [0.3, 0.4) is 0 Å². The smallest absolute Gasteiger partial charge is 0.293 e. The van der Waals surface area contributed by atoms with E-state index < -0.39 is 22.5 Å². The van der Waals surface area contributed by atoms with E-state index in [1.165, 1.54) is 24.3 Å². The lowest BCUT2D eigenvalue weighted by atomic mass is 10.1. The predicted molar refractivity (Wildman–Crippen MR) is 103 cm³/mol. The largest absolute Gasteiger partial charge is 0.372 e. The van der Waals surface area contributed by atoms with Crippen LogP contribution in [0.4, 0.5) is 25.3 Å². The molecule has 28 heavy (non-hydrogen) atoms. The molecule has 0 saturated heterocycles. The fourth-order valence-electron chi connectivity index (χ4n) is 2.48. The monoisotopic (exact) mass is 404 g/mol. The number of thiazole rings is 1. The number of hydrogen-bond donors (Lipinski definition) is 1.